The van der Waals surface area contributed by atoms with Crippen LogP contribution in [0.1, 0.15) is 37.7 Å². The first-order chi connectivity index (χ1) is 17.0. The zero-order valence-electron chi connectivity index (χ0n) is 19.6. The van der Waals surface area contributed by atoms with Crippen LogP contribution in [-0.2, 0) is 9.59 Å². The lowest BCUT2D eigenvalue weighted by atomic mass is 9.75. The van der Waals surface area contributed by atoms with E-state index in [-0.39, 0.29) is 23.5 Å². The van der Waals surface area contributed by atoms with Gasteiger partial charge in [-0.15, -0.1) is 0 Å². The minimum atomic E-state index is -0.773. The first kappa shape index (κ1) is 23.3. The molecule has 3 atom stereocenters. The lowest BCUT2D eigenvalue weighted by molar-refractivity contribution is -0.144. The third-order valence-corrected chi connectivity index (χ3v) is 7.89. The van der Waals surface area contributed by atoms with E-state index in [4.69, 9.17) is 4.74 Å². The van der Waals surface area contributed by atoms with Crippen molar-refractivity contribution < 1.29 is 19.4 Å². The van der Waals surface area contributed by atoms with Crippen molar-refractivity contribution in [3.8, 4) is 5.75 Å². The molecule has 0 aliphatic heterocycles. The van der Waals surface area contributed by atoms with Gasteiger partial charge in [-0.05, 0) is 67.2 Å². The van der Waals surface area contributed by atoms with Gasteiger partial charge >= 0.3 is 5.97 Å². The van der Waals surface area contributed by atoms with E-state index in [1.165, 1.54) is 0 Å². The van der Waals surface area contributed by atoms with Gasteiger partial charge in [-0.25, -0.2) is 4.98 Å². The Hall–Kier alpha value is -3.45. The molecule has 3 aromatic rings. The number of aliphatic carboxylic acids is 1. The number of carboxylic acid groups (broad SMARTS) is 1. The zero-order chi connectivity index (χ0) is 24.4. The van der Waals surface area contributed by atoms with E-state index < -0.39 is 5.97 Å². The van der Waals surface area contributed by atoms with Crippen LogP contribution < -0.4 is 10.1 Å². The van der Waals surface area contributed by atoms with Gasteiger partial charge < -0.3 is 15.2 Å². The normalized spacial score (nSPS) is 22.0. The number of fused-ring (bicyclic) bond motifs is 1. The number of carbonyl (C=O) groups is 2. The zero-order valence-corrected chi connectivity index (χ0v) is 20.4. The number of ketones is 1. The number of nitrogens with one attached hydrogen (secondary N) is 1. The Bertz CT molecular complexity index is 1310. The van der Waals surface area contributed by atoms with Crippen LogP contribution >= 0.6 is 11.3 Å². The molecule has 2 N–H and O–H groups in total. The summed E-state index contributed by atoms with van der Waals surface area (Å²) in [6, 6.07) is 14.0. The average molecular weight is 489 g/mol. The van der Waals surface area contributed by atoms with E-state index in [9.17, 15) is 14.7 Å². The summed E-state index contributed by atoms with van der Waals surface area (Å²) < 4.78 is 6.36. The van der Waals surface area contributed by atoms with Crippen molar-refractivity contribution in [1.82, 2.24) is 4.98 Å². The summed E-state index contributed by atoms with van der Waals surface area (Å²) in [6.45, 7) is 0. The van der Waals surface area contributed by atoms with Crippen LogP contribution in [-0.4, -0.2) is 29.0 Å². The van der Waals surface area contributed by atoms with Crippen molar-refractivity contribution in [2.75, 3.05) is 12.4 Å². The molecule has 1 fully saturated rings. The number of hydrogen-bond donors (Lipinski definition) is 2. The summed E-state index contributed by atoms with van der Waals surface area (Å²) in [4.78, 5) is 29.0. The number of benzene rings is 2. The molecule has 2 aliphatic carbocycles. The van der Waals surface area contributed by atoms with Crippen LogP contribution in [0.3, 0.4) is 0 Å². The monoisotopic (exact) mass is 488 g/mol. The molecule has 2 aliphatic rings. The van der Waals surface area contributed by atoms with E-state index >= 15 is 0 Å². The van der Waals surface area contributed by atoms with Gasteiger partial charge in [0.15, 0.2) is 5.13 Å². The molecule has 0 radical (unpaired) electrons. The number of carboxylic acids is 1. The van der Waals surface area contributed by atoms with Crippen molar-refractivity contribution >= 4 is 49.7 Å². The minimum Gasteiger partial charge on any atom is -0.497 e. The molecule has 35 heavy (non-hydrogen) atoms. The summed E-state index contributed by atoms with van der Waals surface area (Å²) in [5.41, 5.74) is 4.08. The Morgan fingerprint density at radius 2 is 1.91 bits per heavy atom. The van der Waals surface area contributed by atoms with Gasteiger partial charge in [-0.1, -0.05) is 48.1 Å². The van der Waals surface area contributed by atoms with Crippen molar-refractivity contribution in [3.63, 3.8) is 0 Å². The summed E-state index contributed by atoms with van der Waals surface area (Å²) in [7, 11) is 1.66. The highest BCUT2D eigenvalue weighted by molar-refractivity contribution is 7.22. The number of anilines is 2. The number of thiazole rings is 1. The molecule has 0 spiro atoms. The Balaban J connectivity index is 1.20. The maximum absolute atomic E-state index is 13.0. The number of methoxy groups -OCH3 is 1. The van der Waals surface area contributed by atoms with E-state index in [1.807, 2.05) is 42.5 Å². The molecule has 0 bridgehead atoms. The molecule has 0 saturated heterocycles. The molecule has 6 nitrogen and oxygen atoms in total. The number of rotatable bonds is 7. The van der Waals surface area contributed by atoms with E-state index in [1.54, 1.807) is 18.4 Å². The first-order valence-corrected chi connectivity index (χ1v) is 12.8. The quantitative estimate of drug-likeness (QED) is 0.396. The van der Waals surface area contributed by atoms with E-state index in [0.717, 1.165) is 50.8 Å². The van der Waals surface area contributed by atoms with Gasteiger partial charge in [0.25, 0.3) is 0 Å². The molecule has 1 heterocycles. The van der Waals surface area contributed by atoms with Crippen molar-refractivity contribution in [3.05, 3.63) is 66.3 Å². The number of aromatic nitrogens is 1. The molecular weight excluding hydrogens is 460 g/mol. The molecule has 2 aromatic carbocycles. The molecule has 180 valence electrons. The Morgan fingerprint density at radius 1 is 1.11 bits per heavy atom. The van der Waals surface area contributed by atoms with E-state index in [2.05, 4.69) is 28.5 Å². The average Bonchev–Trinajstić information content (AvgIpc) is 3.30. The summed E-state index contributed by atoms with van der Waals surface area (Å²) in [6.07, 6.45) is 9.57. The minimum absolute atomic E-state index is 0.136. The number of allylic oxidation sites excluding steroid dienone is 4. The van der Waals surface area contributed by atoms with Gasteiger partial charge in [-0.2, -0.15) is 0 Å². The molecule has 1 unspecified atom stereocenters. The van der Waals surface area contributed by atoms with Crippen molar-refractivity contribution in [1.29, 1.82) is 0 Å². The second-order valence-electron chi connectivity index (χ2n) is 9.22. The molecule has 0 amide bonds. The fraction of sp³-hybridized carbons (Fsp3) is 0.321. The fourth-order valence-corrected chi connectivity index (χ4v) is 5.89. The molecule has 1 saturated carbocycles. The second-order valence-corrected chi connectivity index (χ2v) is 10.2. The van der Waals surface area contributed by atoms with Crippen LogP contribution in [0.2, 0.25) is 0 Å². The highest BCUT2D eigenvalue weighted by atomic mass is 32.1. The lowest BCUT2D eigenvalue weighted by Crippen LogP contribution is -2.30. The van der Waals surface area contributed by atoms with E-state index in [0.29, 0.717) is 19.3 Å². The van der Waals surface area contributed by atoms with Gasteiger partial charge in [-0.3, -0.25) is 9.59 Å². The second kappa shape index (κ2) is 10.0. The maximum atomic E-state index is 13.0. The largest absolute Gasteiger partial charge is 0.497 e. The fourth-order valence-electron chi connectivity index (χ4n) is 4.98. The summed E-state index contributed by atoms with van der Waals surface area (Å²) >= 11 is 1.58. The number of ether oxygens (including phenoxy) is 1. The number of carbonyl (C=O) groups excluding carboxylic acids is 1. The lowest BCUT2D eigenvalue weighted by Gasteiger charge is -2.28. The summed E-state index contributed by atoms with van der Waals surface area (Å²) in [5.74, 6) is -0.439. The van der Waals surface area contributed by atoms with Gasteiger partial charge in [0.1, 0.15) is 11.5 Å². The predicted octanol–water partition coefficient (Wildman–Crippen LogP) is 6.47. The number of Topliss-reactive ketones (excluding diaryl/α,β-unsaturated/α-hetero) is 1. The smallest absolute Gasteiger partial charge is 0.306 e. The standard InChI is InChI=1S/C28H28N2O4S/c1-34-23-13-14-24-25(16-23)35-28(30-24)29-22-11-9-18(10-12-22)17-5-7-19(8-6-17)26(31)20-3-2-4-21(15-20)27(32)33/h5-7,9-14,16,19-21H,2-4,8,15H2,1H3,(H,29,30)(H,32,33)/t19?,20-,21+/m1/s1. The van der Waals surface area contributed by atoms with Crippen LogP contribution in [0.5, 0.6) is 5.75 Å². The Morgan fingerprint density at radius 3 is 2.63 bits per heavy atom. The highest BCUT2D eigenvalue weighted by Gasteiger charge is 2.33. The van der Waals surface area contributed by atoms with Crippen LogP contribution in [0.15, 0.2) is 60.7 Å². The maximum Gasteiger partial charge on any atom is 0.306 e. The molecule has 5 rings (SSSR count). The molecule has 1 aromatic heterocycles. The van der Waals surface area contributed by atoms with Gasteiger partial charge in [0.2, 0.25) is 0 Å². The number of hydrogen-bond acceptors (Lipinski definition) is 6. The van der Waals surface area contributed by atoms with Crippen LogP contribution in [0, 0.1) is 17.8 Å². The van der Waals surface area contributed by atoms with Crippen molar-refractivity contribution in [2.24, 2.45) is 17.8 Å². The highest BCUT2D eigenvalue weighted by Crippen LogP contribution is 2.35. The van der Waals surface area contributed by atoms with Crippen molar-refractivity contribution in [2.45, 2.75) is 32.1 Å². The van der Waals surface area contributed by atoms with Crippen LogP contribution in [0.4, 0.5) is 10.8 Å². The number of nitrogens with zero attached hydrogens (tertiary/aromatic N) is 1. The Labute approximate surface area is 208 Å². The SMILES string of the molecule is COc1ccc2nc(Nc3ccc(C4=CCC(C(=O)[C@@H]5CCC[C@H](C(=O)O)C5)C=C4)cc3)sc2c1. The molecule has 7 heteroatoms. The van der Waals surface area contributed by atoms with Crippen LogP contribution in [0.25, 0.3) is 15.8 Å². The van der Waals surface area contributed by atoms with Gasteiger partial charge in [0, 0.05) is 17.5 Å². The first-order valence-electron chi connectivity index (χ1n) is 12.0. The molecular formula is C28H28N2O4S. The topological polar surface area (TPSA) is 88.5 Å². The van der Waals surface area contributed by atoms with Gasteiger partial charge in [0.05, 0.1) is 23.2 Å². The third-order valence-electron chi connectivity index (χ3n) is 6.96. The Kier molecular flexibility index (Phi) is 6.68. The summed E-state index contributed by atoms with van der Waals surface area (Å²) in [5, 5.41) is 13.5. The predicted molar refractivity (Wildman–Crippen MR) is 139 cm³/mol. The third kappa shape index (κ3) is 5.15.